The van der Waals surface area contributed by atoms with E-state index in [0.717, 1.165) is 18.7 Å². The molecule has 15 heavy (non-hydrogen) atoms. The fourth-order valence-electron chi connectivity index (χ4n) is 1.17. The molecular weight excluding hydrogens is 194 g/mol. The van der Waals surface area contributed by atoms with E-state index >= 15 is 0 Å². The molecule has 2 N–H and O–H groups in total. The topological polar surface area (TPSA) is 59.3 Å². The van der Waals surface area contributed by atoms with Crippen LogP contribution in [0.4, 0.5) is 5.69 Å². The molecule has 0 spiro atoms. The number of rotatable bonds is 8. The van der Waals surface area contributed by atoms with Crippen molar-refractivity contribution in [1.82, 2.24) is 9.78 Å². The van der Waals surface area contributed by atoms with E-state index in [1.54, 1.807) is 0 Å². The first-order valence-electron chi connectivity index (χ1n) is 5.31. The predicted octanol–water partition coefficient (Wildman–Crippen LogP) is 0.714. The van der Waals surface area contributed by atoms with Gasteiger partial charge in [0.25, 0.3) is 0 Å². The molecule has 0 aliphatic heterocycles. The third-order valence-corrected chi connectivity index (χ3v) is 1.91. The quantitative estimate of drug-likeness (QED) is 0.624. The van der Waals surface area contributed by atoms with Crippen LogP contribution in [0.15, 0.2) is 12.4 Å². The first-order valence-corrected chi connectivity index (χ1v) is 5.31. The zero-order chi connectivity index (χ0) is 10.9. The molecule has 0 aliphatic carbocycles. The molecule has 0 aliphatic rings. The zero-order valence-electron chi connectivity index (χ0n) is 9.15. The number of aliphatic hydroxyl groups excluding tert-OH is 1. The van der Waals surface area contributed by atoms with Crippen LogP contribution in [0.3, 0.4) is 0 Å². The normalized spacial score (nSPS) is 10.5. The standard InChI is InChI=1S/C10H19N3O2/c1-2-3-11-10-8-12-13(9-10)4-6-15-7-5-14/h8-9,11,14H,2-7H2,1H3. The number of hydrogen-bond donors (Lipinski definition) is 2. The fourth-order valence-corrected chi connectivity index (χ4v) is 1.17. The second-order valence-corrected chi connectivity index (χ2v) is 3.25. The Bertz CT molecular complexity index is 263. The monoisotopic (exact) mass is 213 g/mol. The van der Waals surface area contributed by atoms with Crippen LogP contribution >= 0.6 is 0 Å². The van der Waals surface area contributed by atoms with Gasteiger partial charge in [0.2, 0.25) is 0 Å². The molecule has 86 valence electrons. The van der Waals surface area contributed by atoms with E-state index in [0.29, 0.717) is 19.8 Å². The molecule has 0 amide bonds. The van der Waals surface area contributed by atoms with Gasteiger partial charge in [-0.05, 0) is 6.42 Å². The van der Waals surface area contributed by atoms with Crippen molar-refractivity contribution in [2.75, 3.05) is 31.7 Å². The molecular formula is C10H19N3O2. The number of nitrogens with zero attached hydrogens (tertiary/aromatic N) is 2. The Morgan fingerprint density at radius 2 is 2.40 bits per heavy atom. The smallest absolute Gasteiger partial charge is 0.0726 e. The Morgan fingerprint density at radius 3 is 3.13 bits per heavy atom. The highest BCUT2D eigenvalue weighted by molar-refractivity contribution is 5.37. The maximum atomic E-state index is 8.51. The Morgan fingerprint density at radius 1 is 1.53 bits per heavy atom. The molecule has 5 nitrogen and oxygen atoms in total. The highest BCUT2D eigenvalue weighted by Gasteiger charge is 1.96. The van der Waals surface area contributed by atoms with Crippen molar-refractivity contribution in [1.29, 1.82) is 0 Å². The Hall–Kier alpha value is -1.07. The molecule has 0 atom stereocenters. The van der Waals surface area contributed by atoms with E-state index in [4.69, 9.17) is 9.84 Å². The Labute approximate surface area is 90.1 Å². The molecule has 0 unspecified atom stereocenters. The molecule has 0 fully saturated rings. The minimum atomic E-state index is 0.0718. The number of nitrogens with one attached hydrogen (secondary N) is 1. The molecule has 0 aromatic carbocycles. The third kappa shape index (κ3) is 4.80. The molecule has 0 saturated heterocycles. The average molecular weight is 213 g/mol. The van der Waals surface area contributed by atoms with E-state index in [1.165, 1.54) is 0 Å². The number of aliphatic hydroxyl groups is 1. The van der Waals surface area contributed by atoms with Crippen molar-refractivity contribution in [2.24, 2.45) is 0 Å². The van der Waals surface area contributed by atoms with Crippen molar-refractivity contribution in [3.63, 3.8) is 0 Å². The molecule has 0 saturated carbocycles. The second-order valence-electron chi connectivity index (χ2n) is 3.25. The van der Waals surface area contributed by atoms with Gasteiger partial charge in [0, 0.05) is 12.7 Å². The first kappa shape index (κ1) is 12.0. The van der Waals surface area contributed by atoms with Gasteiger partial charge in [-0.15, -0.1) is 0 Å². The molecule has 0 radical (unpaired) electrons. The Balaban J connectivity index is 2.20. The molecule has 0 bridgehead atoms. The molecule has 1 aromatic rings. The van der Waals surface area contributed by atoms with E-state index in [2.05, 4.69) is 17.3 Å². The molecule has 5 heteroatoms. The molecule has 1 heterocycles. The van der Waals surface area contributed by atoms with Gasteiger partial charge in [-0.25, -0.2) is 0 Å². The van der Waals surface area contributed by atoms with Gasteiger partial charge in [0.15, 0.2) is 0 Å². The summed E-state index contributed by atoms with van der Waals surface area (Å²) < 4.78 is 6.97. The lowest BCUT2D eigenvalue weighted by Crippen LogP contribution is -2.08. The van der Waals surface area contributed by atoms with Crippen molar-refractivity contribution >= 4 is 5.69 Å². The van der Waals surface area contributed by atoms with E-state index in [1.807, 2.05) is 17.1 Å². The van der Waals surface area contributed by atoms with Crippen LogP contribution in [0.25, 0.3) is 0 Å². The van der Waals surface area contributed by atoms with Crippen molar-refractivity contribution in [3.05, 3.63) is 12.4 Å². The largest absolute Gasteiger partial charge is 0.394 e. The molecule has 1 aromatic heterocycles. The lowest BCUT2D eigenvalue weighted by molar-refractivity contribution is 0.0854. The summed E-state index contributed by atoms with van der Waals surface area (Å²) in [4.78, 5) is 0. The summed E-state index contributed by atoms with van der Waals surface area (Å²) in [6.07, 6.45) is 4.87. The summed E-state index contributed by atoms with van der Waals surface area (Å²) in [5.74, 6) is 0. The molecule has 1 rings (SSSR count). The fraction of sp³-hybridized carbons (Fsp3) is 0.700. The van der Waals surface area contributed by atoms with Crippen molar-refractivity contribution < 1.29 is 9.84 Å². The minimum Gasteiger partial charge on any atom is -0.394 e. The second kappa shape index (κ2) is 7.25. The van der Waals surface area contributed by atoms with Crippen LogP contribution in [0, 0.1) is 0 Å². The SMILES string of the molecule is CCCNc1cnn(CCOCCO)c1. The lowest BCUT2D eigenvalue weighted by atomic mass is 10.4. The third-order valence-electron chi connectivity index (χ3n) is 1.91. The number of ether oxygens (including phenoxy) is 1. The van der Waals surface area contributed by atoms with Gasteiger partial charge in [0.05, 0.1) is 38.2 Å². The maximum Gasteiger partial charge on any atom is 0.0726 e. The average Bonchev–Trinajstić information content (AvgIpc) is 2.69. The van der Waals surface area contributed by atoms with Crippen molar-refractivity contribution in [2.45, 2.75) is 19.9 Å². The van der Waals surface area contributed by atoms with Crippen molar-refractivity contribution in [3.8, 4) is 0 Å². The van der Waals surface area contributed by atoms with Gasteiger partial charge in [0.1, 0.15) is 0 Å². The zero-order valence-corrected chi connectivity index (χ0v) is 9.15. The summed E-state index contributed by atoms with van der Waals surface area (Å²) >= 11 is 0. The summed E-state index contributed by atoms with van der Waals surface area (Å²) in [6, 6.07) is 0. The van der Waals surface area contributed by atoms with Gasteiger partial charge in [-0.2, -0.15) is 5.10 Å². The van der Waals surface area contributed by atoms with Crippen LogP contribution in [-0.2, 0) is 11.3 Å². The maximum absolute atomic E-state index is 8.51. The van der Waals surface area contributed by atoms with Crippen LogP contribution < -0.4 is 5.32 Å². The Kier molecular flexibility index (Phi) is 5.80. The van der Waals surface area contributed by atoms with Gasteiger partial charge >= 0.3 is 0 Å². The number of hydrogen-bond acceptors (Lipinski definition) is 4. The van der Waals surface area contributed by atoms with Crippen LogP contribution in [0.1, 0.15) is 13.3 Å². The van der Waals surface area contributed by atoms with E-state index < -0.39 is 0 Å². The number of anilines is 1. The van der Waals surface area contributed by atoms with E-state index in [-0.39, 0.29) is 6.61 Å². The summed E-state index contributed by atoms with van der Waals surface area (Å²) in [5, 5.41) is 15.9. The highest BCUT2D eigenvalue weighted by atomic mass is 16.5. The van der Waals surface area contributed by atoms with Crippen LogP contribution in [-0.4, -0.2) is 41.3 Å². The van der Waals surface area contributed by atoms with Crippen LogP contribution in [0.2, 0.25) is 0 Å². The summed E-state index contributed by atoms with van der Waals surface area (Å²) in [5.41, 5.74) is 1.04. The summed E-state index contributed by atoms with van der Waals surface area (Å²) in [7, 11) is 0. The first-order chi connectivity index (χ1) is 7.36. The predicted molar refractivity (Wildman–Crippen MR) is 58.9 cm³/mol. The van der Waals surface area contributed by atoms with Gasteiger partial charge in [-0.3, -0.25) is 4.68 Å². The van der Waals surface area contributed by atoms with Gasteiger partial charge in [-0.1, -0.05) is 6.92 Å². The number of aromatic nitrogens is 2. The van der Waals surface area contributed by atoms with Crippen LogP contribution in [0.5, 0.6) is 0 Å². The van der Waals surface area contributed by atoms with E-state index in [9.17, 15) is 0 Å². The van der Waals surface area contributed by atoms with Gasteiger partial charge < -0.3 is 15.2 Å². The summed E-state index contributed by atoms with van der Waals surface area (Å²) in [6.45, 7) is 4.85. The minimum absolute atomic E-state index is 0.0718. The highest BCUT2D eigenvalue weighted by Crippen LogP contribution is 2.04. The lowest BCUT2D eigenvalue weighted by Gasteiger charge is -2.02.